The second-order valence-electron chi connectivity index (χ2n) is 10.4. The monoisotopic (exact) mass is 1150 g/mol. The third-order valence-electron chi connectivity index (χ3n) is 6.58. The molecule has 0 saturated heterocycles. The number of para-hydroxylation sites is 2. The average Bonchev–Trinajstić information content (AvgIpc) is 3.02. The number of rotatable bonds is 20. The Labute approximate surface area is 597 Å². The van der Waals surface area contributed by atoms with Gasteiger partial charge in [0.05, 0.1) is 35.4 Å². The summed E-state index contributed by atoms with van der Waals surface area (Å²) in [7, 11) is -40.4. The molecule has 316 valence electrons. The van der Waals surface area contributed by atoms with Crippen molar-refractivity contribution in [3.05, 3.63) is 79.9 Å². The van der Waals surface area contributed by atoms with Crippen LogP contribution in [0.1, 0.15) is 11.1 Å². The molecule has 0 bridgehead atoms. The molecule has 0 aliphatic heterocycles. The Morgan fingerprint density at radius 2 is 0.773 bits per heavy atom. The van der Waals surface area contributed by atoms with Crippen molar-refractivity contribution in [3.8, 4) is 0 Å². The van der Waals surface area contributed by atoms with E-state index < -0.39 is 131 Å². The molecular weight excluding hydrogens is 1130 g/mol. The smallest absolute Gasteiger partial charge is 0.790 e. The van der Waals surface area contributed by atoms with Gasteiger partial charge < -0.3 is 86.6 Å². The molecule has 30 nitrogen and oxygen atoms in total. The van der Waals surface area contributed by atoms with Gasteiger partial charge in [-0.15, -0.1) is 0 Å². The normalized spacial score (nSPS) is 20.2. The van der Waals surface area contributed by atoms with Crippen molar-refractivity contribution in [1.82, 2.24) is 0 Å². The van der Waals surface area contributed by atoms with Crippen LogP contribution < -0.4 is 364 Å². The summed E-state index contributed by atoms with van der Waals surface area (Å²) in [4.78, 5) is 189. The first-order valence-corrected chi connectivity index (χ1v) is 22.7. The van der Waals surface area contributed by atoms with Crippen LogP contribution in [0.4, 0.5) is 11.4 Å². The molecule has 1 fully saturated rings. The Hall–Kier alpha value is 8.54. The molecule has 0 N–H and O–H groups in total. The standard InChI is InChI=1S/C20H28N2O28P6.10Na/c23-21(24)13-7-3-1-5-11(13)9-43-55(39,40)49-19-17(47-53(33,34)35)15(45-51(27,28)29)16(46-52(30,31)32)18(48-54(36,37)38)20(19)50-56(41,42)44-10-12-6-2-4-8-14(12)22(25)26;;;;;;;;;;/h1-8,15-20H,9-10H2,(H,39,40)(H,41,42)(H2,27,28,29)(H2,30,31,32)(H2,33,34,35)(H2,36,37,38);;;;;;;;;;/q;10*+1/p-10/t15-,16+,17-,18-,19+,20+;;;;;;;;;;/m0........../s1. The van der Waals surface area contributed by atoms with E-state index in [1.807, 2.05) is 0 Å². The molecular formula is C20H18N2Na10O28P6. The summed E-state index contributed by atoms with van der Waals surface area (Å²) in [6.07, 6.45) is -21.9. The van der Waals surface area contributed by atoms with Crippen LogP contribution in [0.3, 0.4) is 0 Å². The largest absolute Gasteiger partial charge is 1.00 e. The number of hydrogen-bond acceptors (Lipinski definition) is 28. The van der Waals surface area contributed by atoms with E-state index in [1.54, 1.807) is 0 Å². The molecule has 2 aromatic rings. The fourth-order valence-corrected chi connectivity index (χ4v) is 8.66. The first kappa shape index (κ1) is 91.0. The van der Waals surface area contributed by atoms with Gasteiger partial charge in [-0.1, -0.05) is 24.3 Å². The van der Waals surface area contributed by atoms with Crippen LogP contribution in [0, 0.1) is 20.2 Å². The zero-order valence-electron chi connectivity index (χ0n) is 36.5. The summed E-state index contributed by atoms with van der Waals surface area (Å²) in [6.45, 7) is -2.81. The summed E-state index contributed by atoms with van der Waals surface area (Å²) >= 11 is 0. The minimum absolute atomic E-state index is 0. The Kier molecular flexibility index (Phi) is 55.0. The molecule has 0 amide bonds. The zero-order valence-corrected chi connectivity index (χ0v) is 61.9. The molecule has 1 saturated carbocycles. The number of phosphoric ester groups is 6. The van der Waals surface area contributed by atoms with E-state index in [1.165, 1.54) is 0 Å². The molecule has 1 aliphatic carbocycles. The average molecular weight is 1150 g/mol. The summed E-state index contributed by atoms with van der Waals surface area (Å²) < 4.78 is 58.7. The fourth-order valence-electron chi connectivity index (χ4n) is 4.72. The third kappa shape index (κ3) is 34.0. The van der Waals surface area contributed by atoms with Gasteiger partial charge in [-0.2, -0.15) is 0 Å². The van der Waals surface area contributed by atoms with Gasteiger partial charge >= 0.3 is 296 Å². The minimum atomic E-state index is -6.86. The summed E-state index contributed by atoms with van der Waals surface area (Å²) in [5.41, 5.74) is -2.79. The van der Waals surface area contributed by atoms with E-state index in [0.29, 0.717) is 0 Å². The SMILES string of the molecule is O=[N+]([O-])c1ccccc1COP(=O)([O-])O[C@@H]1[C@@H](O[P+]([O-])([O-])[O-])[C@H](O[P+]([O-])([O-])[O-])[C@H](O[P+]([O-])([O-])[O-])[C@H](OP(=O)([O-])[O-])[C@H]1O[P+]([O-])([O-])OCc1ccccc1[N+](=O)[O-].[Na+].[Na+].[Na+].[Na+].[Na+].[Na+].[Na+].[Na+].[Na+].[Na+]. The Balaban J connectivity index is -0.000000561. The van der Waals surface area contributed by atoms with Crippen molar-refractivity contribution in [2.75, 3.05) is 0 Å². The quantitative estimate of drug-likeness (QED) is 0.0514. The maximum atomic E-state index is 13.1. The van der Waals surface area contributed by atoms with E-state index in [2.05, 4.69) is 36.2 Å². The summed E-state index contributed by atoms with van der Waals surface area (Å²) in [5, 5.41) is 22.7. The predicted molar refractivity (Wildman–Crippen MR) is 148 cm³/mol. The van der Waals surface area contributed by atoms with Crippen molar-refractivity contribution in [3.63, 3.8) is 0 Å². The second-order valence-corrected chi connectivity index (χ2v) is 17.6. The van der Waals surface area contributed by atoms with E-state index in [4.69, 9.17) is 0 Å². The van der Waals surface area contributed by atoms with Gasteiger partial charge in [0.25, 0.3) is 19.2 Å². The van der Waals surface area contributed by atoms with E-state index >= 15 is 0 Å². The van der Waals surface area contributed by atoms with Crippen molar-refractivity contribution in [2.24, 2.45) is 0 Å². The number of phosphoric acid groups is 6. The van der Waals surface area contributed by atoms with Crippen LogP contribution in [-0.4, -0.2) is 46.5 Å². The van der Waals surface area contributed by atoms with E-state index in [-0.39, 0.29) is 296 Å². The fraction of sp³-hybridized carbons (Fsp3) is 0.400. The Bertz CT molecular complexity index is 1820. The predicted octanol–water partition coefficient (Wildman–Crippen LogP) is -39.4. The van der Waals surface area contributed by atoms with Crippen LogP contribution in [0.2, 0.25) is 0 Å². The van der Waals surface area contributed by atoms with Crippen molar-refractivity contribution in [1.29, 1.82) is 0 Å². The number of hydrogen-bond donors (Lipinski definition) is 0. The van der Waals surface area contributed by atoms with Gasteiger partial charge in [-0.3, -0.25) is 24.8 Å². The number of nitrogens with zero attached hydrogens (tertiary/aromatic N) is 2. The van der Waals surface area contributed by atoms with Crippen LogP contribution in [-0.2, 0) is 58.5 Å². The van der Waals surface area contributed by atoms with Crippen molar-refractivity contribution < 1.29 is 419 Å². The van der Waals surface area contributed by atoms with Crippen molar-refractivity contribution in [2.45, 2.75) is 49.8 Å². The first-order chi connectivity index (χ1) is 25.4. The van der Waals surface area contributed by atoms with Gasteiger partial charge in [0.15, 0.2) is 32.6 Å². The molecule has 0 heterocycles. The molecule has 0 spiro atoms. The maximum Gasteiger partial charge on any atom is 1.00 e. The third-order valence-corrected chi connectivity index (χ3v) is 10.5. The van der Waals surface area contributed by atoms with Gasteiger partial charge in [0.1, 0.15) is 18.8 Å². The van der Waals surface area contributed by atoms with Gasteiger partial charge in [-0.25, -0.2) is 22.6 Å². The molecule has 0 aromatic heterocycles. The van der Waals surface area contributed by atoms with Crippen LogP contribution in [0.25, 0.3) is 0 Å². The molecule has 2 aromatic carbocycles. The molecule has 7 atom stereocenters. The minimum Gasteiger partial charge on any atom is -0.790 e. The summed E-state index contributed by atoms with van der Waals surface area (Å²) in [6, 6.07) is 7.84. The van der Waals surface area contributed by atoms with Crippen LogP contribution >= 0.6 is 48.3 Å². The molecule has 3 rings (SSSR count). The molecule has 1 aliphatic rings. The molecule has 0 radical (unpaired) electrons. The maximum absolute atomic E-state index is 13.1. The molecule has 46 heteroatoms. The van der Waals surface area contributed by atoms with E-state index in [9.17, 15) is 97.9 Å². The number of nitro groups is 2. The Morgan fingerprint density at radius 3 is 1.11 bits per heavy atom. The van der Waals surface area contributed by atoms with Crippen LogP contribution in [0.5, 0.6) is 0 Å². The number of nitro benzene ring substituents is 2. The number of benzene rings is 2. The van der Waals surface area contributed by atoms with Gasteiger partial charge in [0.2, 0.25) is 0 Å². The van der Waals surface area contributed by atoms with Gasteiger partial charge in [-0.05, 0) is 36.6 Å². The molecule has 1 unspecified atom stereocenters. The zero-order chi connectivity index (χ0) is 42.7. The second kappa shape index (κ2) is 39.9. The Morgan fingerprint density at radius 1 is 0.470 bits per heavy atom. The molecule has 66 heavy (non-hydrogen) atoms. The first-order valence-electron chi connectivity index (χ1n) is 13.9. The summed E-state index contributed by atoms with van der Waals surface area (Å²) in [5.74, 6) is 0. The van der Waals surface area contributed by atoms with Crippen molar-refractivity contribution >= 4 is 59.7 Å². The van der Waals surface area contributed by atoms with E-state index in [0.717, 1.165) is 48.5 Å². The van der Waals surface area contributed by atoms with Gasteiger partial charge in [0, 0.05) is 12.1 Å². The topological polar surface area (TPSA) is 517 Å². The van der Waals surface area contributed by atoms with Crippen LogP contribution in [0.15, 0.2) is 48.5 Å².